The van der Waals surface area contributed by atoms with E-state index in [1.165, 1.54) is 10.9 Å². The number of nitrogens with two attached hydrogens (primary N) is 1. The third kappa shape index (κ3) is 2.64. The number of anilines is 1. The lowest BCUT2D eigenvalue weighted by Gasteiger charge is -2.50. The maximum Gasteiger partial charge on any atom is 0.280 e. The second kappa shape index (κ2) is 6.11. The van der Waals surface area contributed by atoms with Gasteiger partial charge in [-0.1, -0.05) is 33.9 Å². The molecule has 0 aliphatic carbocycles. The molecule has 27 heavy (non-hydrogen) atoms. The van der Waals surface area contributed by atoms with Crippen molar-refractivity contribution < 1.29 is 20.1 Å². The van der Waals surface area contributed by atoms with Crippen LogP contribution in [-0.2, 0) is 4.74 Å². The lowest BCUT2D eigenvalue weighted by Crippen LogP contribution is -2.67. The average molecular weight is 398 g/mol. The second-order valence-corrected chi connectivity index (χ2v) is 14.2. The molecular formula is C16H27N5O5Si. The lowest BCUT2D eigenvalue weighted by atomic mass is 10.1. The monoisotopic (exact) mass is 397 g/mol. The van der Waals surface area contributed by atoms with Crippen LogP contribution >= 0.6 is 0 Å². The van der Waals surface area contributed by atoms with Crippen LogP contribution in [0.5, 0.6) is 0 Å². The third-order valence-electron chi connectivity index (χ3n) is 6.24. The number of H-pyrrole nitrogens is 1. The number of hydrogen-bond donors (Lipinski definition) is 5. The van der Waals surface area contributed by atoms with Gasteiger partial charge in [0.1, 0.15) is 17.4 Å². The molecule has 0 aromatic carbocycles. The molecule has 4 atom stereocenters. The Morgan fingerprint density at radius 3 is 2.63 bits per heavy atom. The largest absolute Gasteiger partial charge is 0.394 e. The van der Waals surface area contributed by atoms with E-state index >= 15 is 0 Å². The van der Waals surface area contributed by atoms with Crippen LogP contribution < -0.4 is 11.3 Å². The topological polar surface area (TPSA) is 160 Å². The maximum atomic E-state index is 12.1. The molecule has 1 fully saturated rings. The summed E-state index contributed by atoms with van der Waals surface area (Å²) in [6.07, 6.45) is -2.04. The number of hydrogen-bond acceptors (Lipinski definition) is 8. The van der Waals surface area contributed by atoms with E-state index in [2.05, 4.69) is 15.0 Å². The Labute approximate surface area is 157 Å². The van der Waals surface area contributed by atoms with Crippen molar-refractivity contribution in [2.24, 2.45) is 0 Å². The smallest absolute Gasteiger partial charge is 0.280 e. The third-order valence-corrected chi connectivity index (χ3v) is 12.5. The van der Waals surface area contributed by atoms with Crippen molar-refractivity contribution in [1.29, 1.82) is 0 Å². The van der Waals surface area contributed by atoms with Gasteiger partial charge in [-0.2, -0.15) is 4.98 Å². The summed E-state index contributed by atoms with van der Waals surface area (Å²) in [6.45, 7) is 9.46. The molecule has 1 saturated heterocycles. The zero-order valence-corrected chi connectivity index (χ0v) is 17.1. The van der Waals surface area contributed by atoms with Crippen molar-refractivity contribution >= 4 is 25.2 Å². The Morgan fingerprint density at radius 2 is 2.07 bits per heavy atom. The number of fused-ring (bicyclic) bond motifs is 1. The summed E-state index contributed by atoms with van der Waals surface area (Å²) in [7, 11) is -2.68. The van der Waals surface area contributed by atoms with Crippen LogP contribution in [0.25, 0.3) is 11.2 Å². The van der Waals surface area contributed by atoms with Crippen LogP contribution in [0.3, 0.4) is 0 Å². The number of aliphatic hydroxyl groups is 3. The Hall–Kier alpha value is -1.79. The average Bonchev–Trinajstić information content (AvgIpc) is 3.07. The first-order chi connectivity index (χ1) is 12.4. The first kappa shape index (κ1) is 20.0. The van der Waals surface area contributed by atoms with Gasteiger partial charge in [-0.25, -0.2) is 4.98 Å². The molecule has 2 aromatic heterocycles. The number of aromatic nitrogens is 4. The SMILES string of the molecule is CC(C)(C)[Si](C)(C)[C@@]1(O)[C@H](O)[C@@H](CO)O[C@H]1n1cnc2c(=O)[nH]c(N)nc21. The lowest BCUT2D eigenvalue weighted by molar-refractivity contribution is -0.0673. The van der Waals surface area contributed by atoms with E-state index in [4.69, 9.17) is 10.5 Å². The second-order valence-electron chi connectivity index (χ2n) is 8.63. The van der Waals surface area contributed by atoms with E-state index < -0.39 is 43.9 Å². The van der Waals surface area contributed by atoms with Crippen LogP contribution in [0, 0.1) is 0 Å². The van der Waals surface area contributed by atoms with Gasteiger partial charge in [0.15, 0.2) is 17.4 Å². The molecule has 0 spiro atoms. The summed E-state index contributed by atoms with van der Waals surface area (Å²) in [6, 6.07) is 0. The first-order valence-corrected chi connectivity index (χ1v) is 11.8. The van der Waals surface area contributed by atoms with Crippen LogP contribution in [0.2, 0.25) is 18.1 Å². The molecule has 0 unspecified atom stereocenters. The Balaban J connectivity index is 2.26. The molecule has 3 heterocycles. The molecule has 0 saturated carbocycles. The minimum atomic E-state index is -2.68. The predicted molar refractivity (Wildman–Crippen MR) is 102 cm³/mol. The van der Waals surface area contributed by atoms with Crippen molar-refractivity contribution in [1.82, 2.24) is 19.5 Å². The zero-order chi connectivity index (χ0) is 20.4. The molecule has 10 nitrogen and oxygen atoms in total. The first-order valence-electron chi connectivity index (χ1n) is 8.75. The Morgan fingerprint density at radius 1 is 1.44 bits per heavy atom. The van der Waals surface area contributed by atoms with E-state index in [0.717, 1.165) is 0 Å². The number of nitrogen functional groups attached to an aromatic ring is 1. The highest BCUT2D eigenvalue weighted by molar-refractivity contribution is 6.83. The molecule has 6 N–H and O–H groups in total. The summed E-state index contributed by atoms with van der Waals surface area (Å²) in [5.41, 5.74) is 5.34. The van der Waals surface area contributed by atoms with Crippen LogP contribution in [-0.4, -0.2) is 67.0 Å². The molecule has 150 valence electrons. The van der Waals surface area contributed by atoms with Crippen molar-refractivity contribution in [3.05, 3.63) is 16.7 Å². The van der Waals surface area contributed by atoms with Gasteiger partial charge in [-0.05, 0) is 5.04 Å². The molecule has 0 amide bonds. The van der Waals surface area contributed by atoms with Crippen molar-refractivity contribution in [2.75, 3.05) is 12.3 Å². The summed E-state index contributed by atoms with van der Waals surface area (Å²) in [4.78, 5) is 22.7. The van der Waals surface area contributed by atoms with E-state index in [1.54, 1.807) is 0 Å². The minimum Gasteiger partial charge on any atom is -0.394 e. The highest BCUT2D eigenvalue weighted by Gasteiger charge is 2.67. The van der Waals surface area contributed by atoms with E-state index in [-0.39, 0.29) is 22.2 Å². The van der Waals surface area contributed by atoms with E-state index in [0.29, 0.717) is 0 Å². The Bertz CT molecular complexity index is 920. The van der Waals surface area contributed by atoms with E-state index in [1.807, 2.05) is 33.9 Å². The molecule has 11 heteroatoms. The number of ether oxygens (including phenoxy) is 1. The quantitative estimate of drug-likeness (QED) is 0.443. The highest BCUT2D eigenvalue weighted by atomic mass is 28.3. The van der Waals surface area contributed by atoms with Crippen molar-refractivity contribution in [3.63, 3.8) is 0 Å². The number of aliphatic hydroxyl groups excluding tert-OH is 2. The number of rotatable bonds is 3. The fraction of sp³-hybridized carbons (Fsp3) is 0.688. The van der Waals surface area contributed by atoms with Crippen molar-refractivity contribution in [3.8, 4) is 0 Å². The van der Waals surface area contributed by atoms with Gasteiger partial charge in [0.2, 0.25) is 5.95 Å². The maximum absolute atomic E-state index is 12.1. The summed E-state index contributed by atoms with van der Waals surface area (Å²) in [5.74, 6) is -0.0950. The molecule has 0 bridgehead atoms. The van der Waals surface area contributed by atoms with Gasteiger partial charge in [0.25, 0.3) is 5.56 Å². The molecule has 0 radical (unpaired) electrons. The summed E-state index contributed by atoms with van der Waals surface area (Å²) in [5, 5.41) is 30.4. The van der Waals surface area contributed by atoms with Crippen molar-refractivity contribution in [2.45, 2.75) is 62.6 Å². The molecular weight excluding hydrogens is 370 g/mol. The van der Waals surface area contributed by atoms with Crippen LogP contribution in [0.4, 0.5) is 5.95 Å². The standard InChI is InChI=1S/C16H27N5O5Si/c1-15(2,3)27(4,5)16(25)10(23)8(6-22)26-13(16)21-7-18-9-11(21)19-14(17)20-12(9)24/h7-8,10,13,22-23,25H,6H2,1-5H3,(H3,17,19,20,24)/t8-,10-,13-,16+/m1/s1. The molecule has 1 aliphatic rings. The minimum absolute atomic E-state index is 0.0484. The van der Waals surface area contributed by atoms with Gasteiger partial charge >= 0.3 is 0 Å². The number of nitrogens with one attached hydrogen (secondary N) is 1. The number of imidazole rings is 1. The summed E-state index contributed by atoms with van der Waals surface area (Å²) < 4.78 is 7.28. The van der Waals surface area contributed by atoms with Gasteiger partial charge in [0, 0.05) is 0 Å². The summed E-state index contributed by atoms with van der Waals surface area (Å²) >= 11 is 0. The fourth-order valence-electron chi connectivity index (χ4n) is 3.59. The number of nitrogens with zero attached hydrogens (tertiary/aromatic N) is 3. The van der Waals surface area contributed by atoms with Gasteiger partial charge in [-0.15, -0.1) is 0 Å². The normalized spacial score (nSPS) is 29.6. The predicted octanol–water partition coefficient (Wildman–Crippen LogP) is -0.269. The van der Waals surface area contributed by atoms with Gasteiger partial charge < -0.3 is 25.8 Å². The Kier molecular flexibility index (Phi) is 4.51. The highest BCUT2D eigenvalue weighted by Crippen LogP contribution is 2.53. The number of aromatic amines is 1. The molecule has 1 aliphatic heterocycles. The molecule has 3 rings (SSSR count). The van der Waals surface area contributed by atoms with Crippen LogP contribution in [0.1, 0.15) is 27.0 Å². The van der Waals surface area contributed by atoms with E-state index in [9.17, 15) is 20.1 Å². The van der Waals surface area contributed by atoms with Gasteiger partial charge in [0.05, 0.1) is 21.0 Å². The molecule has 2 aromatic rings. The van der Waals surface area contributed by atoms with Gasteiger partial charge in [-0.3, -0.25) is 14.3 Å². The fourth-order valence-corrected chi connectivity index (χ4v) is 6.54. The zero-order valence-electron chi connectivity index (χ0n) is 16.1. The van der Waals surface area contributed by atoms with Crippen LogP contribution in [0.15, 0.2) is 11.1 Å².